The number of carbonyl (C=O) groups is 1. The lowest BCUT2D eigenvalue weighted by molar-refractivity contribution is -0.384. The summed E-state index contributed by atoms with van der Waals surface area (Å²) in [5.41, 5.74) is 0.543. The summed E-state index contributed by atoms with van der Waals surface area (Å²) in [4.78, 5) is 38.5. The third-order valence-electron chi connectivity index (χ3n) is 3.21. The molecule has 0 aliphatic heterocycles. The first-order valence-electron chi connectivity index (χ1n) is 7.08. The van der Waals surface area contributed by atoms with Crippen LogP contribution in [0.5, 0.6) is 0 Å². The zero-order chi connectivity index (χ0) is 17.8. The van der Waals surface area contributed by atoms with Gasteiger partial charge in [-0.3, -0.25) is 19.3 Å². The van der Waals surface area contributed by atoms with Crippen molar-refractivity contribution >= 4 is 34.0 Å². The molecule has 0 saturated heterocycles. The lowest BCUT2D eigenvalue weighted by Crippen LogP contribution is -2.14. The Morgan fingerprint density at radius 1 is 1.40 bits per heavy atom. The Bertz CT molecular complexity index is 1040. The summed E-state index contributed by atoms with van der Waals surface area (Å²) in [5.74, 6) is -0.639. The van der Waals surface area contributed by atoms with Crippen molar-refractivity contribution in [2.45, 2.75) is 6.61 Å². The molecule has 0 radical (unpaired) electrons. The molecule has 0 aliphatic rings. The highest BCUT2D eigenvalue weighted by molar-refractivity contribution is 7.15. The van der Waals surface area contributed by atoms with Crippen LogP contribution < -0.4 is 5.56 Å². The molecule has 9 heteroatoms. The first-order valence-corrected chi connectivity index (χ1v) is 7.96. The van der Waals surface area contributed by atoms with Gasteiger partial charge in [-0.15, -0.1) is 11.3 Å². The van der Waals surface area contributed by atoms with Crippen molar-refractivity contribution in [3.05, 3.63) is 79.7 Å². The fourth-order valence-electron chi connectivity index (χ4n) is 2.06. The molecule has 25 heavy (non-hydrogen) atoms. The molecule has 0 amide bonds. The molecule has 0 spiro atoms. The predicted octanol–water partition coefficient (Wildman–Crippen LogP) is 2.42. The van der Waals surface area contributed by atoms with Gasteiger partial charge in [0.25, 0.3) is 11.2 Å². The van der Waals surface area contributed by atoms with Crippen LogP contribution in [0.3, 0.4) is 0 Å². The third kappa shape index (κ3) is 3.96. The SMILES string of the molecule is O=C(C=Cc1cccc([N+](=O)[O-])c1)OCc1cc(=O)n2ccsc2n1. The predicted molar refractivity (Wildman–Crippen MR) is 91.3 cm³/mol. The van der Waals surface area contributed by atoms with E-state index < -0.39 is 10.9 Å². The number of nitrogens with zero attached hydrogens (tertiary/aromatic N) is 3. The normalized spacial score (nSPS) is 11.0. The monoisotopic (exact) mass is 357 g/mol. The van der Waals surface area contributed by atoms with Crippen LogP contribution in [-0.2, 0) is 16.1 Å². The lowest BCUT2D eigenvalue weighted by atomic mass is 10.2. The Morgan fingerprint density at radius 3 is 3.04 bits per heavy atom. The number of esters is 1. The maximum absolute atomic E-state index is 11.8. The van der Waals surface area contributed by atoms with E-state index in [1.165, 1.54) is 46.1 Å². The first-order chi connectivity index (χ1) is 12.0. The molecule has 0 fully saturated rings. The van der Waals surface area contributed by atoms with Gasteiger partial charge >= 0.3 is 5.97 Å². The Labute approximate surface area is 144 Å². The van der Waals surface area contributed by atoms with Crippen molar-refractivity contribution in [1.29, 1.82) is 0 Å². The summed E-state index contributed by atoms with van der Waals surface area (Å²) in [6, 6.07) is 7.16. The Balaban J connectivity index is 1.65. The number of fused-ring (bicyclic) bond motifs is 1. The van der Waals surface area contributed by atoms with Gasteiger partial charge in [0.1, 0.15) is 6.61 Å². The summed E-state index contributed by atoms with van der Waals surface area (Å²) < 4.78 is 6.44. The number of carbonyl (C=O) groups excluding carboxylic acids is 1. The van der Waals surface area contributed by atoms with Gasteiger partial charge in [-0.2, -0.15) is 0 Å². The molecule has 3 aromatic rings. The minimum Gasteiger partial charge on any atom is -0.456 e. The molecule has 0 saturated carbocycles. The Morgan fingerprint density at radius 2 is 2.24 bits per heavy atom. The quantitative estimate of drug-likeness (QED) is 0.301. The Kier molecular flexibility index (Phi) is 4.66. The van der Waals surface area contributed by atoms with Gasteiger partial charge in [0.05, 0.1) is 10.6 Å². The fourth-order valence-corrected chi connectivity index (χ4v) is 2.80. The average Bonchev–Trinajstić information content (AvgIpc) is 3.07. The highest BCUT2D eigenvalue weighted by atomic mass is 32.1. The van der Waals surface area contributed by atoms with Gasteiger partial charge in [-0.25, -0.2) is 9.78 Å². The van der Waals surface area contributed by atoms with Crippen LogP contribution in [0.2, 0.25) is 0 Å². The van der Waals surface area contributed by atoms with Crippen LogP contribution in [-0.4, -0.2) is 20.3 Å². The number of hydrogen-bond acceptors (Lipinski definition) is 7. The molecule has 3 rings (SSSR count). The lowest BCUT2D eigenvalue weighted by Gasteiger charge is -2.02. The number of non-ortho nitro benzene ring substituents is 1. The zero-order valence-electron chi connectivity index (χ0n) is 12.7. The standard InChI is InChI=1S/C16H11N3O5S/c20-14-9-12(17-16-18(14)6-7-25-16)10-24-15(21)5-4-11-2-1-3-13(8-11)19(22)23/h1-9H,10H2. The molecule has 2 aromatic heterocycles. The summed E-state index contributed by atoms with van der Waals surface area (Å²) in [5, 5.41) is 12.4. The second-order valence-electron chi connectivity index (χ2n) is 4.93. The molecule has 8 nitrogen and oxygen atoms in total. The van der Waals surface area contributed by atoms with Crippen LogP contribution in [0.25, 0.3) is 11.0 Å². The van der Waals surface area contributed by atoms with E-state index in [9.17, 15) is 19.7 Å². The molecular formula is C16H11N3O5S. The minimum atomic E-state index is -0.639. The molecule has 126 valence electrons. The average molecular weight is 357 g/mol. The maximum Gasteiger partial charge on any atom is 0.331 e. The van der Waals surface area contributed by atoms with Crippen molar-refractivity contribution in [3.63, 3.8) is 0 Å². The minimum absolute atomic E-state index is 0.0653. The molecule has 0 atom stereocenters. The molecule has 0 aliphatic carbocycles. The summed E-state index contributed by atoms with van der Waals surface area (Å²) in [6.45, 7) is -0.137. The number of nitro groups is 1. The highest BCUT2D eigenvalue weighted by Gasteiger charge is 2.07. The van der Waals surface area contributed by atoms with E-state index in [0.29, 0.717) is 16.2 Å². The molecule has 1 aromatic carbocycles. The van der Waals surface area contributed by atoms with E-state index in [2.05, 4.69) is 4.98 Å². The van der Waals surface area contributed by atoms with Crippen molar-refractivity contribution in [3.8, 4) is 0 Å². The summed E-state index contributed by atoms with van der Waals surface area (Å²) in [6.07, 6.45) is 4.20. The Hall–Kier alpha value is -3.33. The molecular weight excluding hydrogens is 346 g/mol. The number of rotatable bonds is 5. The van der Waals surface area contributed by atoms with Crippen molar-refractivity contribution in [2.75, 3.05) is 0 Å². The first kappa shape index (κ1) is 16.5. The topological polar surface area (TPSA) is 104 Å². The molecule has 2 heterocycles. The highest BCUT2D eigenvalue weighted by Crippen LogP contribution is 2.14. The number of thiazole rings is 1. The van der Waals surface area contributed by atoms with Crippen molar-refractivity contribution < 1.29 is 14.5 Å². The molecule has 0 N–H and O–H groups in total. The third-order valence-corrected chi connectivity index (χ3v) is 3.97. The number of nitro benzene ring substituents is 1. The van der Waals surface area contributed by atoms with Crippen molar-refractivity contribution in [1.82, 2.24) is 9.38 Å². The van der Waals surface area contributed by atoms with E-state index >= 15 is 0 Å². The van der Waals surface area contributed by atoms with E-state index in [1.54, 1.807) is 17.6 Å². The van der Waals surface area contributed by atoms with E-state index in [-0.39, 0.29) is 17.9 Å². The van der Waals surface area contributed by atoms with Crippen molar-refractivity contribution in [2.24, 2.45) is 0 Å². The second-order valence-corrected chi connectivity index (χ2v) is 5.81. The molecule has 0 unspecified atom stereocenters. The zero-order valence-corrected chi connectivity index (χ0v) is 13.5. The van der Waals surface area contributed by atoms with Gasteiger partial charge < -0.3 is 4.74 Å². The fraction of sp³-hybridized carbons (Fsp3) is 0.0625. The number of benzene rings is 1. The number of ether oxygens (including phenoxy) is 1. The van der Waals surface area contributed by atoms with Crippen LogP contribution in [0.4, 0.5) is 5.69 Å². The van der Waals surface area contributed by atoms with Gasteiger partial charge in [0.15, 0.2) is 4.96 Å². The largest absolute Gasteiger partial charge is 0.456 e. The van der Waals surface area contributed by atoms with E-state index in [1.807, 2.05) is 0 Å². The number of aromatic nitrogens is 2. The van der Waals surface area contributed by atoms with Gasteiger partial charge in [-0.05, 0) is 11.6 Å². The van der Waals surface area contributed by atoms with E-state index in [0.717, 1.165) is 6.08 Å². The van der Waals surface area contributed by atoms with Crippen LogP contribution in [0, 0.1) is 10.1 Å². The van der Waals surface area contributed by atoms with Crippen LogP contribution in [0.15, 0.2) is 52.8 Å². The smallest absolute Gasteiger partial charge is 0.331 e. The van der Waals surface area contributed by atoms with Crippen LogP contribution >= 0.6 is 11.3 Å². The van der Waals surface area contributed by atoms with Gasteiger partial charge in [-0.1, -0.05) is 12.1 Å². The second kappa shape index (κ2) is 7.05. The maximum atomic E-state index is 11.8. The molecule has 0 bridgehead atoms. The number of hydrogen-bond donors (Lipinski definition) is 0. The van der Waals surface area contributed by atoms with Gasteiger partial charge in [0, 0.05) is 35.9 Å². The van der Waals surface area contributed by atoms with Crippen LogP contribution in [0.1, 0.15) is 11.3 Å². The van der Waals surface area contributed by atoms with Gasteiger partial charge in [0.2, 0.25) is 0 Å². The van der Waals surface area contributed by atoms with E-state index in [4.69, 9.17) is 4.74 Å². The summed E-state index contributed by atoms with van der Waals surface area (Å²) in [7, 11) is 0. The summed E-state index contributed by atoms with van der Waals surface area (Å²) >= 11 is 1.30.